The summed E-state index contributed by atoms with van der Waals surface area (Å²) >= 11 is 3.26. The van der Waals surface area contributed by atoms with E-state index in [-0.39, 0.29) is 0 Å². The van der Waals surface area contributed by atoms with Gasteiger partial charge in [0.1, 0.15) is 11.9 Å². The number of carbonyl (C=O) groups is 2. The first kappa shape index (κ1) is 20.1. The second-order valence-corrected chi connectivity index (χ2v) is 7.70. The fourth-order valence-corrected chi connectivity index (χ4v) is 3.90. The second kappa shape index (κ2) is 8.27. The second-order valence-electron chi connectivity index (χ2n) is 6.78. The number of benzene rings is 2. The van der Waals surface area contributed by atoms with Crippen LogP contribution in [0, 0.1) is 5.82 Å². The molecule has 7 nitrogen and oxygen atoms in total. The van der Waals surface area contributed by atoms with Gasteiger partial charge in [-0.25, -0.2) is 19.0 Å². The number of nitrogens with one attached hydrogen (secondary N) is 2. The lowest BCUT2D eigenvalue weighted by Crippen LogP contribution is -2.43. The number of nitrogens with zero attached hydrogens (tertiary/aromatic N) is 2. The van der Waals surface area contributed by atoms with E-state index in [0.717, 1.165) is 5.69 Å². The van der Waals surface area contributed by atoms with E-state index < -0.39 is 23.9 Å². The van der Waals surface area contributed by atoms with Crippen LogP contribution >= 0.6 is 15.9 Å². The van der Waals surface area contributed by atoms with Crippen LogP contribution in [0.25, 0.3) is 0 Å². The molecular formula is C21H18BrFN4O3. The normalized spacial score (nSPS) is 15.4. The van der Waals surface area contributed by atoms with Gasteiger partial charge in [-0.3, -0.25) is 0 Å². The fourth-order valence-electron chi connectivity index (χ4n) is 3.57. The SMILES string of the molecule is COC(=O)c1cccc(NC(=O)N2CCc3[nH]cnc3C2c2ccc(Br)cc2F)c1. The number of hydrogen-bond donors (Lipinski definition) is 2. The van der Waals surface area contributed by atoms with Gasteiger partial charge in [0.15, 0.2) is 0 Å². The summed E-state index contributed by atoms with van der Waals surface area (Å²) < 4.78 is 20.1. The van der Waals surface area contributed by atoms with Crippen molar-refractivity contribution < 1.29 is 18.7 Å². The van der Waals surface area contributed by atoms with Crippen LogP contribution in [0.15, 0.2) is 53.3 Å². The maximum Gasteiger partial charge on any atom is 0.337 e. The van der Waals surface area contributed by atoms with Gasteiger partial charge in [0.05, 0.1) is 24.7 Å². The predicted octanol–water partition coefficient (Wildman–Crippen LogP) is 4.28. The highest BCUT2D eigenvalue weighted by Crippen LogP contribution is 2.35. The van der Waals surface area contributed by atoms with Crippen LogP contribution in [0.3, 0.4) is 0 Å². The number of H-pyrrole nitrogens is 1. The van der Waals surface area contributed by atoms with E-state index in [2.05, 4.69) is 31.2 Å². The van der Waals surface area contributed by atoms with Crippen LogP contribution in [-0.2, 0) is 11.2 Å². The van der Waals surface area contributed by atoms with E-state index in [4.69, 9.17) is 4.74 Å². The van der Waals surface area contributed by atoms with Gasteiger partial charge in [-0.15, -0.1) is 0 Å². The lowest BCUT2D eigenvalue weighted by Gasteiger charge is -2.35. The Morgan fingerprint density at radius 2 is 2.13 bits per heavy atom. The number of methoxy groups -OCH3 is 1. The molecule has 0 aliphatic carbocycles. The maximum absolute atomic E-state index is 14.8. The molecule has 2 N–H and O–H groups in total. The zero-order valence-electron chi connectivity index (χ0n) is 16.0. The topological polar surface area (TPSA) is 87.3 Å². The number of carbonyl (C=O) groups excluding carboxylic acids is 2. The molecule has 0 saturated heterocycles. The van der Waals surface area contributed by atoms with Crippen LogP contribution in [0.2, 0.25) is 0 Å². The molecular weight excluding hydrogens is 455 g/mol. The minimum atomic E-state index is -0.683. The molecule has 2 aromatic carbocycles. The molecule has 1 aliphatic heterocycles. The van der Waals surface area contributed by atoms with E-state index in [9.17, 15) is 14.0 Å². The Balaban J connectivity index is 1.67. The number of hydrogen-bond acceptors (Lipinski definition) is 4. The van der Waals surface area contributed by atoms with Gasteiger partial charge >= 0.3 is 12.0 Å². The van der Waals surface area contributed by atoms with Crippen LogP contribution in [0.1, 0.15) is 33.4 Å². The van der Waals surface area contributed by atoms with Crippen LogP contribution in [-0.4, -0.2) is 40.5 Å². The molecule has 1 atom stereocenters. The molecule has 9 heteroatoms. The molecule has 0 saturated carbocycles. The van der Waals surface area contributed by atoms with Gasteiger partial charge in [0.25, 0.3) is 0 Å². The van der Waals surface area contributed by atoms with Gasteiger partial charge in [-0.1, -0.05) is 28.1 Å². The zero-order valence-corrected chi connectivity index (χ0v) is 17.6. The Labute approximate surface area is 180 Å². The van der Waals surface area contributed by atoms with Crippen LogP contribution < -0.4 is 5.32 Å². The Kier molecular flexibility index (Phi) is 5.54. The number of aromatic amines is 1. The summed E-state index contributed by atoms with van der Waals surface area (Å²) in [6.45, 7) is 0.373. The van der Waals surface area contributed by atoms with Crippen molar-refractivity contribution in [2.75, 3.05) is 19.0 Å². The molecule has 3 aromatic rings. The third-order valence-electron chi connectivity index (χ3n) is 4.98. The van der Waals surface area contributed by atoms with Crippen LogP contribution in [0.4, 0.5) is 14.9 Å². The number of anilines is 1. The molecule has 4 rings (SSSR count). The lowest BCUT2D eigenvalue weighted by atomic mass is 9.95. The monoisotopic (exact) mass is 472 g/mol. The first-order valence-corrected chi connectivity index (χ1v) is 10.0. The Morgan fingerprint density at radius 1 is 1.30 bits per heavy atom. The molecule has 1 aliphatic rings. The van der Waals surface area contributed by atoms with Crippen LogP contribution in [0.5, 0.6) is 0 Å². The highest BCUT2D eigenvalue weighted by atomic mass is 79.9. The molecule has 2 amide bonds. The molecule has 0 bridgehead atoms. The fraction of sp³-hybridized carbons (Fsp3) is 0.190. The third-order valence-corrected chi connectivity index (χ3v) is 5.47. The Morgan fingerprint density at radius 3 is 2.90 bits per heavy atom. The number of esters is 1. The summed E-state index contributed by atoms with van der Waals surface area (Å²) in [5.74, 6) is -0.934. The van der Waals surface area contributed by atoms with Crippen molar-refractivity contribution in [3.63, 3.8) is 0 Å². The summed E-state index contributed by atoms with van der Waals surface area (Å²) in [6.07, 6.45) is 2.12. The van der Waals surface area contributed by atoms with Crippen molar-refractivity contribution in [1.82, 2.24) is 14.9 Å². The largest absolute Gasteiger partial charge is 0.465 e. The Bertz CT molecular complexity index is 1120. The van der Waals surface area contributed by atoms with Crippen molar-refractivity contribution in [2.24, 2.45) is 0 Å². The highest BCUT2D eigenvalue weighted by Gasteiger charge is 2.35. The molecule has 0 fully saturated rings. The van der Waals surface area contributed by atoms with Gasteiger partial charge in [0.2, 0.25) is 0 Å². The molecule has 1 unspecified atom stereocenters. The summed E-state index contributed by atoms with van der Waals surface area (Å²) in [5.41, 5.74) is 2.59. The minimum absolute atomic E-state index is 0.319. The van der Waals surface area contributed by atoms with E-state index in [1.807, 2.05) is 0 Å². The molecule has 154 valence electrons. The maximum atomic E-state index is 14.8. The number of urea groups is 1. The Hall–Kier alpha value is -3.20. The van der Waals surface area contributed by atoms with Gasteiger partial charge < -0.3 is 19.9 Å². The van der Waals surface area contributed by atoms with E-state index in [0.29, 0.717) is 39.9 Å². The van der Waals surface area contributed by atoms with Gasteiger partial charge in [-0.2, -0.15) is 0 Å². The number of fused-ring (bicyclic) bond motifs is 1. The van der Waals surface area contributed by atoms with Gasteiger partial charge in [0, 0.05) is 34.4 Å². The quantitative estimate of drug-likeness (QED) is 0.557. The highest BCUT2D eigenvalue weighted by molar-refractivity contribution is 9.10. The van der Waals surface area contributed by atoms with Crippen molar-refractivity contribution in [3.8, 4) is 0 Å². The summed E-state index contributed by atoms with van der Waals surface area (Å²) in [4.78, 5) is 33.9. The number of ether oxygens (including phenoxy) is 1. The smallest absolute Gasteiger partial charge is 0.337 e. The summed E-state index contributed by atoms with van der Waals surface area (Å²) in [7, 11) is 1.29. The van der Waals surface area contributed by atoms with Crippen molar-refractivity contribution >= 4 is 33.6 Å². The minimum Gasteiger partial charge on any atom is -0.465 e. The number of amides is 2. The first-order valence-electron chi connectivity index (χ1n) is 9.21. The van der Waals surface area contributed by atoms with E-state index in [1.54, 1.807) is 41.6 Å². The lowest BCUT2D eigenvalue weighted by molar-refractivity contribution is 0.0600. The summed E-state index contributed by atoms with van der Waals surface area (Å²) in [6, 6.07) is 10.1. The molecule has 1 aromatic heterocycles. The van der Waals surface area contributed by atoms with E-state index in [1.165, 1.54) is 19.2 Å². The average molecular weight is 473 g/mol. The first-order chi connectivity index (χ1) is 14.5. The molecule has 30 heavy (non-hydrogen) atoms. The van der Waals surface area contributed by atoms with E-state index >= 15 is 0 Å². The van der Waals surface area contributed by atoms with Gasteiger partial charge in [-0.05, 0) is 30.3 Å². The zero-order chi connectivity index (χ0) is 21.3. The average Bonchev–Trinajstić information content (AvgIpc) is 3.22. The molecule has 2 heterocycles. The third kappa shape index (κ3) is 3.80. The molecule has 0 radical (unpaired) electrons. The standard InChI is InChI=1S/C21H18BrFN4O3/c1-30-20(28)12-3-2-4-14(9-12)26-21(29)27-8-7-17-18(25-11-24-17)19(27)15-6-5-13(22)10-16(15)23/h2-6,9-11,19H,7-8H2,1H3,(H,24,25)(H,26,29). The predicted molar refractivity (Wildman–Crippen MR) is 112 cm³/mol. The van der Waals surface area contributed by atoms with Crippen molar-refractivity contribution in [2.45, 2.75) is 12.5 Å². The number of halogens is 2. The number of aromatic nitrogens is 2. The number of rotatable bonds is 3. The molecule has 0 spiro atoms. The number of imidazole rings is 1. The summed E-state index contributed by atoms with van der Waals surface area (Å²) in [5, 5.41) is 2.79. The van der Waals surface area contributed by atoms with Crippen molar-refractivity contribution in [3.05, 3.63) is 81.6 Å². The van der Waals surface area contributed by atoms with Crippen molar-refractivity contribution in [1.29, 1.82) is 0 Å².